The van der Waals surface area contributed by atoms with Gasteiger partial charge in [-0.15, -0.1) is 0 Å². The molecule has 23 nitrogen and oxygen atoms in total. The standard InChI is InChI=1S/C18H36O2.7C3H8O3/c1-2-3-4-5-6-7-8-9-10-11-12-13-14-15-16-17-18(19)20;7*4-1-3(6)2-5/h2-17H2,1H3,(H,19,20);7*3-6H,1-2H2. The lowest BCUT2D eigenvalue weighted by atomic mass is 10.0. The summed E-state index contributed by atoms with van der Waals surface area (Å²) in [5.41, 5.74) is 0. The molecule has 0 aliphatic carbocycles. The molecule has 0 amide bonds. The summed E-state index contributed by atoms with van der Waals surface area (Å²) >= 11 is 0. The van der Waals surface area contributed by atoms with Gasteiger partial charge in [-0.05, 0) is 6.42 Å². The van der Waals surface area contributed by atoms with Crippen LogP contribution in [0, 0.1) is 0 Å². The van der Waals surface area contributed by atoms with Crippen LogP contribution in [0.5, 0.6) is 0 Å². The summed E-state index contributed by atoms with van der Waals surface area (Å²) in [4.78, 5) is 10.3. The van der Waals surface area contributed by atoms with Crippen LogP contribution in [-0.2, 0) is 4.79 Å². The predicted octanol–water partition coefficient (Wildman–Crippen LogP) is -5.34. The highest BCUT2D eigenvalue weighted by Gasteiger charge is 1.99. The summed E-state index contributed by atoms with van der Waals surface area (Å²) < 4.78 is 0. The third-order valence-corrected chi connectivity index (χ3v) is 6.94. The second-order valence-electron chi connectivity index (χ2n) is 13.2. The number of rotatable bonds is 30. The number of carboxylic acids is 1. The molecule has 0 atom stereocenters. The highest BCUT2D eigenvalue weighted by Crippen LogP contribution is 2.13. The third-order valence-electron chi connectivity index (χ3n) is 6.94. The van der Waals surface area contributed by atoms with Crippen LogP contribution in [0.15, 0.2) is 0 Å². The molecule has 62 heavy (non-hydrogen) atoms. The van der Waals surface area contributed by atoms with Crippen LogP contribution in [0.25, 0.3) is 0 Å². The SMILES string of the molecule is CCCCCCCCCCCCCCCCCC(=O)O.OCC(O)CO.OCC(O)CO.OCC(O)CO.OCC(O)CO.OCC(O)CO.OCC(O)CO.OCC(O)CO. The minimum Gasteiger partial charge on any atom is -0.481 e. The van der Waals surface area contributed by atoms with E-state index in [1.807, 2.05) is 0 Å². The van der Waals surface area contributed by atoms with Gasteiger partial charge in [0.2, 0.25) is 0 Å². The molecule has 386 valence electrons. The Hall–Kier alpha value is -1.37. The average molecular weight is 929 g/mol. The van der Waals surface area contributed by atoms with E-state index >= 15 is 0 Å². The highest BCUT2D eigenvalue weighted by atomic mass is 16.4. The van der Waals surface area contributed by atoms with Gasteiger partial charge in [0, 0.05) is 6.42 Å². The number of carboxylic acid groups (broad SMARTS) is 1. The average Bonchev–Trinajstić information content (AvgIpc) is 3.31. The van der Waals surface area contributed by atoms with Crippen molar-refractivity contribution in [2.24, 2.45) is 0 Å². The van der Waals surface area contributed by atoms with Crippen LogP contribution in [0.3, 0.4) is 0 Å². The minimum atomic E-state index is -0.954. The molecule has 0 saturated heterocycles. The Bertz CT molecular complexity index is 594. The first-order chi connectivity index (χ1) is 29.4. The molecular formula is C39H92O23. The maximum Gasteiger partial charge on any atom is 0.303 e. The lowest BCUT2D eigenvalue weighted by Gasteiger charge is -2.03. The second kappa shape index (κ2) is 74.0. The van der Waals surface area contributed by atoms with E-state index in [0.717, 1.165) is 12.8 Å². The number of aliphatic hydroxyl groups excluding tert-OH is 21. The summed E-state index contributed by atoms with van der Waals surface area (Å²) in [6.45, 7) is -2.83. The topological polar surface area (TPSA) is 462 Å². The molecule has 0 aromatic rings. The van der Waals surface area contributed by atoms with Crippen molar-refractivity contribution in [3.8, 4) is 0 Å². The quantitative estimate of drug-likeness (QED) is 0.0299. The zero-order valence-corrected chi connectivity index (χ0v) is 37.0. The van der Waals surface area contributed by atoms with Crippen molar-refractivity contribution >= 4 is 5.97 Å². The van der Waals surface area contributed by atoms with Crippen LogP contribution >= 0.6 is 0 Å². The second-order valence-corrected chi connectivity index (χ2v) is 13.2. The van der Waals surface area contributed by atoms with Crippen molar-refractivity contribution in [1.29, 1.82) is 0 Å². The Labute approximate surface area is 367 Å². The number of hydrogen-bond donors (Lipinski definition) is 22. The van der Waals surface area contributed by atoms with Crippen molar-refractivity contribution in [3.05, 3.63) is 0 Å². The summed E-state index contributed by atoms with van der Waals surface area (Å²) in [5.74, 6) is -0.653. The molecule has 0 spiro atoms. The smallest absolute Gasteiger partial charge is 0.303 e. The maximum absolute atomic E-state index is 10.3. The largest absolute Gasteiger partial charge is 0.481 e. The van der Waals surface area contributed by atoms with Gasteiger partial charge in [-0.1, -0.05) is 96.8 Å². The number of aliphatic carboxylic acids is 1. The fourth-order valence-corrected chi connectivity index (χ4v) is 3.05. The Kier molecular flexibility index (Phi) is 92.9. The van der Waals surface area contributed by atoms with Gasteiger partial charge >= 0.3 is 5.97 Å². The molecule has 0 bridgehead atoms. The molecule has 0 radical (unpaired) electrons. The van der Waals surface area contributed by atoms with E-state index in [0.29, 0.717) is 6.42 Å². The molecule has 22 N–H and O–H groups in total. The van der Waals surface area contributed by atoms with Gasteiger partial charge in [0.15, 0.2) is 0 Å². The first-order valence-corrected chi connectivity index (χ1v) is 20.9. The normalized spacial score (nSPS) is 10.3. The van der Waals surface area contributed by atoms with Gasteiger partial charge in [-0.2, -0.15) is 0 Å². The third kappa shape index (κ3) is 102. The summed E-state index contributed by atoms with van der Waals surface area (Å²) in [5, 5.41) is 177. The molecular weight excluding hydrogens is 836 g/mol. The molecule has 23 heteroatoms. The fraction of sp³-hybridized carbons (Fsp3) is 0.974. The van der Waals surface area contributed by atoms with Crippen molar-refractivity contribution < 1.29 is 117 Å². The number of carbonyl (C=O) groups is 1. The Morgan fingerprint density at radius 3 is 0.500 bits per heavy atom. The van der Waals surface area contributed by atoms with Crippen LogP contribution in [-0.4, -0.2) is 254 Å². The van der Waals surface area contributed by atoms with Gasteiger partial charge in [-0.3, -0.25) is 4.79 Å². The Balaban J connectivity index is -0.0000000970. The molecule has 0 aliphatic rings. The zero-order chi connectivity index (χ0) is 49.8. The molecule has 0 aliphatic heterocycles. The zero-order valence-electron chi connectivity index (χ0n) is 37.0. The molecule has 0 saturated carbocycles. The monoisotopic (exact) mass is 929 g/mol. The lowest BCUT2D eigenvalue weighted by molar-refractivity contribution is -0.137. The Morgan fingerprint density at radius 1 is 0.274 bits per heavy atom. The van der Waals surface area contributed by atoms with Crippen molar-refractivity contribution in [1.82, 2.24) is 0 Å². The molecule has 0 aromatic heterocycles. The Morgan fingerprint density at radius 2 is 0.403 bits per heavy atom. The van der Waals surface area contributed by atoms with Gasteiger partial charge in [0.25, 0.3) is 0 Å². The number of unbranched alkanes of at least 4 members (excludes halogenated alkanes) is 14. The predicted molar refractivity (Wildman–Crippen MR) is 228 cm³/mol. The van der Waals surface area contributed by atoms with E-state index in [1.165, 1.54) is 83.5 Å². The van der Waals surface area contributed by atoms with Crippen LogP contribution < -0.4 is 0 Å². The highest BCUT2D eigenvalue weighted by molar-refractivity contribution is 5.66. The number of hydrogen-bond acceptors (Lipinski definition) is 22. The van der Waals surface area contributed by atoms with Gasteiger partial charge in [0.05, 0.1) is 92.5 Å². The van der Waals surface area contributed by atoms with Gasteiger partial charge in [0.1, 0.15) is 42.7 Å². The van der Waals surface area contributed by atoms with Gasteiger partial charge < -0.3 is 112 Å². The molecule has 0 rings (SSSR count). The van der Waals surface area contributed by atoms with Gasteiger partial charge in [-0.25, -0.2) is 0 Å². The fourth-order valence-electron chi connectivity index (χ4n) is 3.05. The first kappa shape index (κ1) is 77.8. The summed E-state index contributed by atoms with van der Waals surface area (Å²) in [6.07, 6.45) is 13.5. The van der Waals surface area contributed by atoms with E-state index in [2.05, 4.69) is 6.92 Å². The van der Waals surface area contributed by atoms with E-state index in [9.17, 15) is 4.79 Å². The van der Waals surface area contributed by atoms with Crippen molar-refractivity contribution in [3.63, 3.8) is 0 Å². The lowest BCUT2D eigenvalue weighted by Crippen LogP contribution is -2.15. The minimum absolute atomic E-state index is 0.345. The van der Waals surface area contributed by atoms with E-state index in [4.69, 9.17) is 112 Å². The molecule has 0 heterocycles. The van der Waals surface area contributed by atoms with Crippen LogP contribution in [0.1, 0.15) is 110 Å². The van der Waals surface area contributed by atoms with E-state index in [-0.39, 0.29) is 92.5 Å². The first-order valence-electron chi connectivity index (χ1n) is 20.9. The molecule has 0 fully saturated rings. The number of aliphatic hydroxyl groups is 21. The molecule has 0 unspecified atom stereocenters. The van der Waals surface area contributed by atoms with Crippen LogP contribution in [0.2, 0.25) is 0 Å². The summed E-state index contributed by atoms with van der Waals surface area (Å²) in [6, 6.07) is 0. The van der Waals surface area contributed by atoms with E-state index in [1.54, 1.807) is 0 Å². The summed E-state index contributed by atoms with van der Waals surface area (Å²) in [7, 11) is 0. The molecule has 0 aromatic carbocycles. The van der Waals surface area contributed by atoms with Crippen molar-refractivity contribution in [2.45, 2.75) is 152 Å². The van der Waals surface area contributed by atoms with Crippen LogP contribution in [0.4, 0.5) is 0 Å². The van der Waals surface area contributed by atoms with E-state index < -0.39 is 48.7 Å². The van der Waals surface area contributed by atoms with Crippen molar-refractivity contribution in [2.75, 3.05) is 92.5 Å². The maximum atomic E-state index is 10.3.